The van der Waals surface area contributed by atoms with Crippen molar-refractivity contribution >= 4 is 36.8 Å². The quantitative estimate of drug-likeness (QED) is 0.0893. The summed E-state index contributed by atoms with van der Waals surface area (Å²) in [6.07, 6.45) is 3.92. The maximum Gasteiger partial charge on any atom is 0.320 e. The Balaban J connectivity index is 1.80. The van der Waals surface area contributed by atoms with Crippen molar-refractivity contribution < 1.29 is 28.2 Å². The van der Waals surface area contributed by atoms with Crippen LogP contribution in [-0.4, -0.2) is 35.6 Å². The topological polar surface area (TPSA) is 63.2 Å². The van der Waals surface area contributed by atoms with Gasteiger partial charge in [-0.05, 0) is 50.8 Å². The van der Waals surface area contributed by atoms with Crippen LogP contribution in [0.3, 0.4) is 0 Å². The summed E-state index contributed by atoms with van der Waals surface area (Å²) in [5.74, 6) is 1.92. The second kappa shape index (κ2) is 13.0. The first-order chi connectivity index (χ1) is 20.1. The van der Waals surface area contributed by atoms with Gasteiger partial charge in [0, 0.05) is 6.92 Å². The predicted octanol–water partition coefficient (Wildman–Crippen LogP) is 6.75. The summed E-state index contributed by atoms with van der Waals surface area (Å²) in [5.41, 5.74) is 1.73. The van der Waals surface area contributed by atoms with E-state index in [-0.39, 0.29) is 10.8 Å². The van der Waals surface area contributed by atoms with E-state index in [1.807, 2.05) is 42.5 Å². The van der Waals surface area contributed by atoms with E-state index in [1.54, 1.807) is 19.2 Å². The average molecular weight is 583 g/mol. The minimum Gasteiger partial charge on any atom is -0.531 e. The van der Waals surface area contributed by atoms with E-state index in [0.29, 0.717) is 23.0 Å². The normalized spacial score (nSPS) is 11.7. The van der Waals surface area contributed by atoms with Gasteiger partial charge in [-0.25, -0.2) is 0 Å². The summed E-state index contributed by atoms with van der Waals surface area (Å²) in [5, 5.41) is 2.15. The van der Waals surface area contributed by atoms with Crippen molar-refractivity contribution in [1.29, 1.82) is 0 Å². The largest absolute Gasteiger partial charge is 0.531 e. The van der Waals surface area contributed by atoms with Gasteiger partial charge in [0.25, 0.3) is 0 Å². The molecule has 0 N–H and O–H groups in total. The van der Waals surface area contributed by atoms with Crippen LogP contribution in [-0.2, 0) is 4.79 Å². The SMILES string of the molecule is COc1ccc(/C=C\c2cc(OC)c(OC(C)=O)c(OC)c2)cc1O[Si](c1ccccc1)(c1ccccc1)C(C)(C)C. The maximum atomic E-state index is 11.6. The highest BCUT2D eigenvalue weighted by Gasteiger charge is 2.52. The van der Waals surface area contributed by atoms with Crippen LogP contribution in [0.2, 0.25) is 5.04 Å². The van der Waals surface area contributed by atoms with Crippen LogP contribution in [0, 0.1) is 0 Å². The lowest BCUT2D eigenvalue weighted by Crippen LogP contribution is -2.68. The van der Waals surface area contributed by atoms with Gasteiger partial charge in [0.1, 0.15) is 5.75 Å². The number of hydrogen-bond acceptors (Lipinski definition) is 6. The third-order valence-electron chi connectivity index (χ3n) is 7.06. The van der Waals surface area contributed by atoms with Crippen molar-refractivity contribution in [1.82, 2.24) is 0 Å². The van der Waals surface area contributed by atoms with E-state index >= 15 is 0 Å². The van der Waals surface area contributed by atoms with Crippen LogP contribution >= 0.6 is 0 Å². The summed E-state index contributed by atoms with van der Waals surface area (Å²) in [6.45, 7) is 8.07. The van der Waals surface area contributed by atoms with Gasteiger partial charge in [-0.3, -0.25) is 4.79 Å². The number of rotatable bonds is 10. The molecule has 0 saturated heterocycles. The molecule has 0 radical (unpaired) electrons. The predicted molar refractivity (Wildman–Crippen MR) is 171 cm³/mol. The summed E-state index contributed by atoms with van der Waals surface area (Å²) < 4.78 is 29.3. The summed E-state index contributed by atoms with van der Waals surface area (Å²) in [4.78, 5) is 11.6. The zero-order valence-corrected chi connectivity index (χ0v) is 26.3. The highest BCUT2D eigenvalue weighted by Crippen LogP contribution is 2.41. The minimum atomic E-state index is -2.87. The number of hydrogen-bond donors (Lipinski definition) is 0. The molecule has 0 aliphatic carbocycles. The van der Waals surface area contributed by atoms with E-state index < -0.39 is 14.3 Å². The summed E-state index contributed by atoms with van der Waals surface area (Å²) in [7, 11) is 1.83. The van der Waals surface area contributed by atoms with Crippen LogP contribution in [0.4, 0.5) is 0 Å². The van der Waals surface area contributed by atoms with Crippen molar-refractivity contribution in [3.63, 3.8) is 0 Å². The molecular weight excluding hydrogens is 544 g/mol. The van der Waals surface area contributed by atoms with E-state index in [2.05, 4.69) is 69.3 Å². The van der Waals surface area contributed by atoms with Crippen LogP contribution < -0.4 is 33.7 Å². The van der Waals surface area contributed by atoms with Gasteiger partial charge < -0.3 is 23.4 Å². The average Bonchev–Trinajstić information content (AvgIpc) is 2.99. The van der Waals surface area contributed by atoms with Crippen molar-refractivity contribution in [2.75, 3.05) is 21.3 Å². The molecule has 0 unspecified atom stereocenters. The van der Waals surface area contributed by atoms with Gasteiger partial charge in [0.15, 0.2) is 17.2 Å². The molecule has 4 rings (SSSR count). The van der Waals surface area contributed by atoms with Crippen molar-refractivity contribution in [3.8, 4) is 28.7 Å². The highest BCUT2D eigenvalue weighted by atomic mass is 28.4. The lowest BCUT2D eigenvalue weighted by Gasteiger charge is -2.43. The summed E-state index contributed by atoms with van der Waals surface area (Å²) in [6, 6.07) is 30.5. The van der Waals surface area contributed by atoms with Crippen molar-refractivity contribution in [2.24, 2.45) is 0 Å². The molecule has 0 fully saturated rings. The fourth-order valence-electron chi connectivity index (χ4n) is 5.12. The molecule has 4 aromatic rings. The van der Waals surface area contributed by atoms with E-state index in [1.165, 1.54) is 31.5 Å². The van der Waals surface area contributed by atoms with Gasteiger partial charge in [0.2, 0.25) is 5.75 Å². The van der Waals surface area contributed by atoms with Gasteiger partial charge in [-0.2, -0.15) is 0 Å². The smallest absolute Gasteiger partial charge is 0.320 e. The standard InChI is InChI=1S/C35H38O6Si/c1-25(36)40-34-32(38-6)23-27(24-33(34)39-7)19-18-26-20-21-30(37-5)31(22-26)41-42(35(2,3)4,28-14-10-8-11-15-28)29-16-12-9-13-17-29/h8-24H,1-7H3/b19-18-. The third-order valence-corrected chi connectivity index (χ3v) is 12.0. The van der Waals surface area contributed by atoms with Gasteiger partial charge in [0.05, 0.1) is 21.3 Å². The Morgan fingerprint density at radius 1 is 0.643 bits per heavy atom. The molecule has 0 aromatic heterocycles. The molecule has 0 spiro atoms. The first-order valence-corrected chi connectivity index (χ1v) is 15.6. The first kappa shape index (κ1) is 30.5. The zero-order valence-electron chi connectivity index (χ0n) is 25.3. The highest BCUT2D eigenvalue weighted by molar-refractivity contribution is 7.00. The Bertz CT molecular complexity index is 1480. The molecule has 0 saturated carbocycles. The molecule has 0 heterocycles. The Morgan fingerprint density at radius 2 is 1.12 bits per heavy atom. The fraction of sp³-hybridized carbons (Fsp3) is 0.229. The second-order valence-electron chi connectivity index (χ2n) is 10.9. The number of carbonyl (C=O) groups excluding carboxylic acids is 1. The van der Waals surface area contributed by atoms with Gasteiger partial charge in [-0.1, -0.05) is 99.7 Å². The molecule has 42 heavy (non-hydrogen) atoms. The zero-order chi connectivity index (χ0) is 30.3. The van der Waals surface area contributed by atoms with Gasteiger partial charge in [-0.15, -0.1) is 0 Å². The van der Waals surface area contributed by atoms with E-state index in [0.717, 1.165) is 11.1 Å². The first-order valence-electron chi connectivity index (χ1n) is 13.7. The molecule has 0 aliphatic heterocycles. The number of ether oxygens (including phenoxy) is 4. The molecule has 4 aromatic carbocycles. The van der Waals surface area contributed by atoms with Crippen LogP contribution in [0.25, 0.3) is 12.2 Å². The van der Waals surface area contributed by atoms with E-state index in [4.69, 9.17) is 23.4 Å². The summed E-state index contributed by atoms with van der Waals surface area (Å²) >= 11 is 0. The lowest BCUT2D eigenvalue weighted by molar-refractivity contribution is -0.132. The number of esters is 1. The monoisotopic (exact) mass is 582 g/mol. The molecule has 218 valence electrons. The van der Waals surface area contributed by atoms with Crippen molar-refractivity contribution in [3.05, 3.63) is 102 Å². The Labute approximate surface area is 249 Å². The molecule has 0 amide bonds. The Kier molecular flexibility index (Phi) is 9.43. The number of carbonyl (C=O) groups is 1. The molecule has 0 aliphatic rings. The Hall–Kier alpha value is -4.49. The fourth-order valence-corrected chi connectivity index (χ4v) is 9.54. The second-order valence-corrected chi connectivity index (χ2v) is 15.1. The molecule has 0 atom stereocenters. The number of benzene rings is 4. The lowest BCUT2D eigenvalue weighted by atomic mass is 10.1. The van der Waals surface area contributed by atoms with Crippen LogP contribution in [0.1, 0.15) is 38.8 Å². The Morgan fingerprint density at radius 3 is 1.57 bits per heavy atom. The van der Waals surface area contributed by atoms with Crippen molar-refractivity contribution in [2.45, 2.75) is 32.7 Å². The van der Waals surface area contributed by atoms with Crippen LogP contribution in [0.15, 0.2) is 91.0 Å². The molecule has 7 heteroatoms. The molecule has 0 bridgehead atoms. The molecular formula is C35H38O6Si. The maximum absolute atomic E-state index is 11.6. The van der Waals surface area contributed by atoms with E-state index in [9.17, 15) is 4.79 Å². The number of methoxy groups -OCH3 is 3. The van der Waals surface area contributed by atoms with Crippen LogP contribution in [0.5, 0.6) is 28.7 Å². The minimum absolute atomic E-state index is 0.205. The third kappa shape index (κ3) is 6.36. The van der Waals surface area contributed by atoms with Gasteiger partial charge >= 0.3 is 14.3 Å². The molecule has 6 nitrogen and oxygen atoms in total.